The Morgan fingerprint density at radius 2 is 1.91 bits per heavy atom. The van der Waals surface area contributed by atoms with Crippen molar-refractivity contribution in [2.24, 2.45) is 0 Å². The molecule has 3 aromatic rings. The molecule has 0 aliphatic rings. The number of aromatic nitrogens is 3. The van der Waals surface area contributed by atoms with Gasteiger partial charge in [0.25, 0.3) is 0 Å². The highest BCUT2D eigenvalue weighted by Gasteiger charge is 2.10. The highest BCUT2D eigenvalue weighted by atomic mass is 32.2. The number of hydrogen-bond donors (Lipinski definition) is 2. The van der Waals surface area contributed by atoms with Gasteiger partial charge in [0.1, 0.15) is 5.82 Å². The fraction of sp³-hybridized carbons (Fsp3) is 0.200. The molecule has 0 unspecified atom stereocenters. The molecule has 120 valence electrons. The molecule has 2 heterocycles. The third-order valence-electron chi connectivity index (χ3n) is 3.36. The van der Waals surface area contributed by atoms with Crippen molar-refractivity contribution in [2.45, 2.75) is 4.90 Å². The van der Waals surface area contributed by atoms with E-state index >= 15 is 0 Å². The van der Waals surface area contributed by atoms with Crippen LogP contribution in [0.3, 0.4) is 0 Å². The minimum Gasteiger partial charge on any atom is -0.395 e. The molecule has 2 N–H and O–H groups in total. The molecule has 7 nitrogen and oxygen atoms in total. The van der Waals surface area contributed by atoms with Crippen LogP contribution in [0.5, 0.6) is 0 Å². The lowest BCUT2D eigenvalue weighted by atomic mass is 10.2. The zero-order valence-electron chi connectivity index (χ0n) is 12.5. The first kappa shape index (κ1) is 15.4. The predicted molar refractivity (Wildman–Crippen MR) is 87.1 cm³/mol. The van der Waals surface area contributed by atoms with Gasteiger partial charge in [-0.15, -0.1) is 5.10 Å². The van der Waals surface area contributed by atoms with Crippen LogP contribution in [0, 0.1) is 0 Å². The molecule has 0 saturated carbocycles. The van der Waals surface area contributed by atoms with E-state index in [9.17, 15) is 8.42 Å². The Kier molecular flexibility index (Phi) is 4.01. The second-order valence-corrected chi connectivity index (χ2v) is 7.09. The maximum atomic E-state index is 11.5. The molecule has 2 aromatic heterocycles. The van der Waals surface area contributed by atoms with Crippen LogP contribution in [0.2, 0.25) is 0 Å². The number of anilines is 1. The molecule has 0 aliphatic heterocycles. The zero-order chi connectivity index (χ0) is 16.4. The summed E-state index contributed by atoms with van der Waals surface area (Å²) in [5.74, 6) is 0.624. The van der Waals surface area contributed by atoms with Gasteiger partial charge in [0, 0.05) is 18.4 Å². The summed E-state index contributed by atoms with van der Waals surface area (Å²) in [4.78, 5) is 4.56. The van der Waals surface area contributed by atoms with Crippen LogP contribution in [-0.4, -0.2) is 47.5 Å². The Hall–Kier alpha value is -2.45. The van der Waals surface area contributed by atoms with E-state index in [0.29, 0.717) is 18.0 Å². The van der Waals surface area contributed by atoms with Gasteiger partial charge in [-0.3, -0.25) is 0 Å². The second kappa shape index (κ2) is 5.98. The van der Waals surface area contributed by atoms with Crippen LogP contribution in [0.4, 0.5) is 5.82 Å². The molecule has 0 spiro atoms. The number of rotatable bonds is 5. The molecular weight excluding hydrogens is 316 g/mol. The quantitative estimate of drug-likeness (QED) is 0.729. The lowest BCUT2D eigenvalue weighted by Crippen LogP contribution is -2.08. The normalized spacial score (nSPS) is 11.7. The van der Waals surface area contributed by atoms with Gasteiger partial charge in [0.05, 0.1) is 23.4 Å². The number of hydrogen-bond acceptors (Lipinski definition) is 6. The van der Waals surface area contributed by atoms with Crippen molar-refractivity contribution in [1.29, 1.82) is 0 Å². The first-order chi connectivity index (χ1) is 11.0. The monoisotopic (exact) mass is 332 g/mol. The van der Waals surface area contributed by atoms with Crippen molar-refractivity contribution in [1.82, 2.24) is 14.6 Å². The average molecular weight is 332 g/mol. The van der Waals surface area contributed by atoms with Crippen LogP contribution in [0.15, 0.2) is 47.5 Å². The summed E-state index contributed by atoms with van der Waals surface area (Å²) in [6.07, 6.45) is 2.87. The summed E-state index contributed by atoms with van der Waals surface area (Å²) in [6.45, 7) is 0.426. The molecule has 3 rings (SSSR count). The minimum atomic E-state index is -3.22. The summed E-state index contributed by atoms with van der Waals surface area (Å²) in [6, 6.07) is 10.2. The summed E-state index contributed by atoms with van der Waals surface area (Å²) < 4.78 is 24.7. The van der Waals surface area contributed by atoms with Gasteiger partial charge in [-0.2, -0.15) is 0 Å². The first-order valence-electron chi connectivity index (χ1n) is 6.99. The second-order valence-electron chi connectivity index (χ2n) is 5.08. The molecule has 0 fully saturated rings. The highest BCUT2D eigenvalue weighted by molar-refractivity contribution is 7.90. The lowest BCUT2D eigenvalue weighted by molar-refractivity contribution is 0.311. The number of nitrogens with zero attached hydrogens (tertiary/aromatic N) is 3. The molecule has 0 bridgehead atoms. The fourth-order valence-corrected chi connectivity index (χ4v) is 2.85. The van der Waals surface area contributed by atoms with Crippen LogP contribution >= 0.6 is 0 Å². The third kappa shape index (κ3) is 3.17. The van der Waals surface area contributed by atoms with E-state index in [4.69, 9.17) is 5.11 Å². The van der Waals surface area contributed by atoms with Crippen molar-refractivity contribution in [2.75, 3.05) is 24.7 Å². The van der Waals surface area contributed by atoms with Gasteiger partial charge in [-0.1, -0.05) is 12.1 Å². The van der Waals surface area contributed by atoms with E-state index < -0.39 is 9.84 Å². The average Bonchev–Trinajstić information content (AvgIpc) is 2.95. The standard InChI is InChI=1S/C15H16N4O3S/c1-23(21,22)12-4-2-11(3-5-12)13-10-17-15-7-6-14(16-8-9-20)18-19(13)15/h2-7,10,20H,8-9H2,1H3,(H,16,18). The van der Waals surface area contributed by atoms with E-state index in [1.54, 1.807) is 41.0 Å². The molecule has 0 atom stereocenters. The third-order valence-corrected chi connectivity index (χ3v) is 4.49. The van der Waals surface area contributed by atoms with Gasteiger partial charge in [0.2, 0.25) is 0 Å². The van der Waals surface area contributed by atoms with Gasteiger partial charge >= 0.3 is 0 Å². The Bertz CT molecular complexity index is 933. The Balaban J connectivity index is 2.02. The lowest BCUT2D eigenvalue weighted by Gasteiger charge is -2.06. The summed E-state index contributed by atoms with van der Waals surface area (Å²) in [5.41, 5.74) is 2.26. The Morgan fingerprint density at radius 3 is 2.57 bits per heavy atom. The minimum absolute atomic E-state index is 0.0173. The smallest absolute Gasteiger partial charge is 0.175 e. The Labute approximate surface area is 133 Å². The number of aliphatic hydroxyl groups excluding tert-OH is 1. The number of fused-ring (bicyclic) bond motifs is 1. The molecule has 0 amide bonds. The van der Waals surface area contributed by atoms with Crippen molar-refractivity contribution >= 4 is 21.3 Å². The van der Waals surface area contributed by atoms with E-state index in [1.165, 1.54) is 6.26 Å². The van der Waals surface area contributed by atoms with Gasteiger partial charge in [0.15, 0.2) is 15.5 Å². The maximum absolute atomic E-state index is 11.5. The molecule has 1 aromatic carbocycles. The maximum Gasteiger partial charge on any atom is 0.175 e. The van der Waals surface area contributed by atoms with E-state index in [2.05, 4.69) is 15.4 Å². The molecule has 8 heteroatoms. The molecule has 0 saturated heterocycles. The largest absolute Gasteiger partial charge is 0.395 e. The van der Waals surface area contributed by atoms with Gasteiger partial charge in [-0.25, -0.2) is 17.9 Å². The predicted octanol–water partition coefficient (Wildman–Crippen LogP) is 1.20. The first-order valence-corrected chi connectivity index (χ1v) is 8.88. The van der Waals surface area contributed by atoms with Crippen LogP contribution < -0.4 is 5.32 Å². The fourth-order valence-electron chi connectivity index (χ4n) is 2.22. The summed E-state index contributed by atoms with van der Waals surface area (Å²) in [5, 5.41) is 16.3. The molecular formula is C15H16N4O3S. The van der Waals surface area contributed by atoms with Crippen LogP contribution in [-0.2, 0) is 9.84 Å². The van der Waals surface area contributed by atoms with Crippen molar-refractivity contribution in [3.63, 3.8) is 0 Å². The molecule has 0 radical (unpaired) electrons. The molecule has 0 aliphatic carbocycles. The number of nitrogens with one attached hydrogen (secondary N) is 1. The van der Waals surface area contributed by atoms with E-state index in [1.807, 2.05) is 6.07 Å². The zero-order valence-corrected chi connectivity index (χ0v) is 13.3. The van der Waals surface area contributed by atoms with Crippen molar-refractivity contribution in [3.8, 4) is 11.3 Å². The number of benzene rings is 1. The number of imidazole rings is 1. The number of aliphatic hydroxyl groups is 1. The topological polar surface area (TPSA) is 96.6 Å². The van der Waals surface area contributed by atoms with E-state index in [0.717, 1.165) is 11.3 Å². The van der Waals surface area contributed by atoms with Gasteiger partial charge in [-0.05, 0) is 24.3 Å². The van der Waals surface area contributed by atoms with E-state index in [-0.39, 0.29) is 11.5 Å². The molecule has 23 heavy (non-hydrogen) atoms. The van der Waals surface area contributed by atoms with Crippen molar-refractivity contribution < 1.29 is 13.5 Å². The van der Waals surface area contributed by atoms with Crippen molar-refractivity contribution in [3.05, 3.63) is 42.6 Å². The summed E-state index contributed by atoms with van der Waals surface area (Å²) >= 11 is 0. The van der Waals surface area contributed by atoms with Crippen LogP contribution in [0.1, 0.15) is 0 Å². The van der Waals surface area contributed by atoms with Crippen LogP contribution in [0.25, 0.3) is 16.9 Å². The Morgan fingerprint density at radius 1 is 1.17 bits per heavy atom. The van der Waals surface area contributed by atoms with Gasteiger partial charge < -0.3 is 10.4 Å². The number of sulfone groups is 1. The summed E-state index contributed by atoms with van der Waals surface area (Å²) in [7, 11) is -3.22. The SMILES string of the molecule is CS(=O)(=O)c1ccc(-c2cnc3ccc(NCCO)nn23)cc1. The highest BCUT2D eigenvalue weighted by Crippen LogP contribution is 2.22.